The van der Waals surface area contributed by atoms with Crippen molar-refractivity contribution in [3.63, 3.8) is 0 Å². The van der Waals surface area contributed by atoms with Crippen LogP contribution in [0.15, 0.2) is 4.99 Å². The molecule has 0 aliphatic carbocycles. The molecule has 0 bridgehead atoms. The van der Waals surface area contributed by atoms with Crippen LogP contribution < -0.4 is 10.6 Å². The maximum Gasteiger partial charge on any atom is 0.191 e. The zero-order valence-electron chi connectivity index (χ0n) is 15.6. The lowest BCUT2D eigenvalue weighted by molar-refractivity contribution is -0.0139. The molecule has 2 aliphatic rings. The highest BCUT2D eigenvalue weighted by Crippen LogP contribution is 2.31. The van der Waals surface area contributed by atoms with Crippen molar-refractivity contribution in [2.75, 3.05) is 45.9 Å². The lowest BCUT2D eigenvalue weighted by atomic mass is 9.88. The molecule has 0 atom stereocenters. The molecule has 5 nitrogen and oxygen atoms in total. The van der Waals surface area contributed by atoms with Crippen LogP contribution in [-0.2, 0) is 4.74 Å². The van der Waals surface area contributed by atoms with Crippen molar-refractivity contribution in [3.05, 3.63) is 0 Å². The molecule has 0 radical (unpaired) electrons. The first kappa shape index (κ1) is 22.0. The second-order valence-corrected chi connectivity index (χ2v) is 6.86. The summed E-state index contributed by atoms with van der Waals surface area (Å²) in [5, 5.41) is 6.89. The molecule has 0 amide bonds. The Morgan fingerprint density at radius 1 is 1.08 bits per heavy atom. The molecule has 24 heavy (non-hydrogen) atoms. The van der Waals surface area contributed by atoms with Gasteiger partial charge in [0.15, 0.2) is 5.96 Å². The Labute approximate surface area is 165 Å². The van der Waals surface area contributed by atoms with Crippen LogP contribution in [-0.4, -0.2) is 62.3 Å². The van der Waals surface area contributed by atoms with Crippen LogP contribution >= 0.6 is 24.0 Å². The Morgan fingerprint density at radius 3 is 2.42 bits per heavy atom. The average molecular weight is 452 g/mol. The second-order valence-electron chi connectivity index (χ2n) is 6.86. The first-order chi connectivity index (χ1) is 11.3. The minimum absolute atomic E-state index is 0. The van der Waals surface area contributed by atoms with Gasteiger partial charge in [0.1, 0.15) is 0 Å². The summed E-state index contributed by atoms with van der Waals surface area (Å²) in [6.45, 7) is 11.4. The largest absolute Gasteiger partial charge is 0.381 e. The minimum atomic E-state index is 0. The van der Waals surface area contributed by atoms with Gasteiger partial charge in [-0.1, -0.05) is 19.8 Å². The van der Waals surface area contributed by atoms with Crippen LogP contribution in [0.2, 0.25) is 0 Å². The van der Waals surface area contributed by atoms with Gasteiger partial charge in [-0.05, 0) is 52.1 Å². The molecule has 0 aromatic carbocycles. The van der Waals surface area contributed by atoms with Gasteiger partial charge in [0.2, 0.25) is 0 Å². The van der Waals surface area contributed by atoms with E-state index < -0.39 is 0 Å². The number of hydrogen-bond donors (Lipinski definition) is 2. The number of halogens is 1. The fraction of sp³-hybridized carbons (Fsp3) is 0.944. The summed E-state index contributed by atoms with van der Waals surface area (Å²) >= 11 is 0. The molecular formula is C18H37IN4O. The van der Waals surface area contributed by atoms with Gasteiger partial charge in [0.05, 0.1) is 6.54 Å². The van der Waals surface area contributed by atoms with Gasteiger partial charge in [0.25, 0.3) is 0 Å². The van der Waals surface area contributed by atoms with Gasteiger partial charge < -0.3 is 15.4 Å². The molecule has 2 heterocycles. The molecule has 2 N–H and O–H groups in total. The molecule has 2 saturated heterocycles. The number of hydrogen-bond acceptors (Lipinski definition) is 3. The summed E-state index contributed by atoms with van der Waals surface area (Å²) in [6, 6.07) is 0. The van der Waals surface area contributed by atoms with E-state index in [4.69, 9.17) is 9.73 Å². The Balaban J connectivity index is 0.00000288. The number of guanidine groups is 1. The lowest BCUT2D eigenvalue weighted by Gasteiger charge is -2.43. The van der Waals surface area contributed by atoms with E-state index in [-0.39, 0.29) is 29.5 Å². The van der Waals surface area contributed by atoms with Gasteiger partial charge >= 0.3 is 0 Å². The van der Waals surface area contributed by atoms with E-state index in [1.165, 1.54) is 45.2 Å². The number of nitrogens with one attached hydrogen (secondary N) is 2. The van der Waals surface area contributed by atoms with E-state index in [1.54, 1.807) is 0 Å². The van der Waals surface area contributed by atoms with E-state index >= 15 is 0 Å². The van der Waals surface area contributed by atoms with Crippen molar-refractivity contribution >= 4 is 29.9 Å². The number of rotatable bonds is 8. The third-order valence-corrected chi connectivity index (χ3v) is 5.15. The SMILES string of the molecule is CCCCCNC(=NCC1(N2CCCC2)CCOCC1)NCC.I. The summed E-state index contributed by atoms with van der Waals surface area (Å²) in [4.78, 5) is 7.63. The van der Waals surface area contributed by atoms with Crippen molar-refractivity contribution in [2.45, 2.75) is 64.3 Å². The summed E-state index contributed by atoms with van der Waals surface area (Å²) in [7, 11) is 0. The van der Waals surface area contributed by atoms with Crippen LogP contribution in [0.3, 0.4) is 0 Å². The normalized spacial score (nSPS) is 21.3. The van der Waals surface area contributed by atoms with Crippen LogP contribution in [0.25, 0.3) is 0 Å². The summed E-state index contributed by atoms with van der Waals surface area (Å²) in [5.41, 5.74) is 0.223. The molecule has 0 aromatic heterocycles. The van der Waals surface area contributed by atoms with E-state index in [0.29, 0.717) is 0 Å². The van der Waals surface area contributed by atoms with E-state index in [1.807, 2.05) is 0 Å². The number of aliphatic imine (C=N–C) groups is 1. The summed E-state index contributed by atoms with van der Waals surface area (Å²) < 4.78 is 5.62. The van der Waals surface area contributed by atoms with Crippen molar-refractivity contribution in [1.82, 2.24) is 15.5 Å². The topological polar surface area (TPSA) is 48.9 Å². The molecule has 6 heteroatoms. The van der Waals surface area contributed by atoms with E-state index in [2.05, 4.69) is 29.4 Å². The number of likely N-dealkylation sites (tertiary alicyclic amines) is 1. The summed E-state index contributed by atoms with van der Waals surface area (Å²) in [6.07, 6.45) is 8.65. The van der Waals surface area contributed by atoms with Crippen LogP contribution in [0, 0.1) is 0 Å². The Morgan fingerprint density at radius 2 is 1.79 bits per heavy atom. The zero-order chi connectivity index (χ0) is 16.4. The molecule has 0 unspecified atom stereocenters. The van der Waals surface area contributed by atoms with Crippen LogP contribution in [0.5, 0.6) is 0 Å². The standard InChI is InChI=1S/C18H36N4O.HI/c1-3-5-6-11-20-17(19-4-2)21-16-18(9-14-23-15-10-18)22-12-7-8-13-22;/h3-16H2,1-2H3,(H2,19,20,21);1H. The second kappa shape index (κ2) is 12.3. The zero-order valence-corrected chi connectivity index (χ0v) is 17.9. The van der Waals surface area contributed by atoms with Gasteiger partial charge in [-0.25, -0.2) is 0 Å². The van der Waals surface area contributed by atoms with Crippen molar-refractivity contribution in [3.8, 4) is 0 Å². The van der Waals surface area contributed by atoms with Crippen molar-refractivity contribution in [1.29, 1.82) is 0 Å². The number of ether oxygens (including phenoxy) is 1. The monoisotopic (exact) mass is 452 g/mol. The Hall–Kier alpha value is -0.0800. The maximum absolute atomic E-state index is 5.62. The molecule has 2 fully saturated rings. The number of nitrogens with zero attached hydrogens (tertiary/aromatic N) is 2. The molecule has 0 saturated carbocycles. The van der Waals surface area contributed by atoms with Crippen LogP contribution in [0.4, 0.5) is 0 Å². The van der Waals surface area contributed by atoms with Gasteiger partial charge in [-0.2, -0.15) is 0 Å². The Bertz CT molecular complexity index is 353. The fourth-order valence-electron chi connectivity index (χ4n) is 3.67. The Kier molecular flexibility index (Phi) is 11.3. The predicted molar refractivity (Wildman–Crippen MR) is 113 cm³/mol. The van der Waals surface area contributed by atoms with E-state index in [9.17, 15) is 0 Å². The molecule has 2 aliphatic heterocycles. The van der Waals surface area contributed by atoms with Crippen molar-refractivity contribution < 1.29 is 4.74 Å². The molecule has 0 aromatic rings. The third-order valence-electron chi connectivity index (χ3n) is 5.15. The predicted octanol–water partition coefficient (Wildman–Crippen LogP) is 2.99. The minimum Gasteiger partial charge on any atom is -0.381 e. The molecule has 0 spiro atoms. The molecule has 2 rings (SSSR count). The molecular weight excluding hydrogens is 415 g/mol. The van der Waals surface area contributed by atoms with Gasteiger partial charge in [-0.15, -0.1) is 24.0 Å². The highest BCUT2D eigenvalue weighted by Gasteiger charge is 2.39. The first-order valence-electron chi connectivity index (χ1n) is 9.66. The molecule has 142 valence electrons. The first-order valence-corrected chi connectivity index (χ1v) is 9.66. The smallest absolute Gasteiger partial charge is 0.191 e. The van der Waals surface area contributed by atoms with E-state index in [0.717, 1.165) is 51.6 Å². The van der Waals surface area contributed by atoms with Gasteiger partial charge in [0, 0.05) is 31.8 Å². The van der Waals surface area contributed by atoms with Crippen molar-refractivity contribution in [2.24, 2.45) is 4.99 Å². The fourth-order valence-corrected chi connectivity index (χ4v) is 3.67. The quantitative estimate of drug-likeness (QED) is 0.257. The third kappa shape index (κ3) is 6.67. The lowest BCUT2D eigenvalue weighted by Crippen LogP contribution is -2.54. The average Bonchev–Trinajstić information content (AvgIpc) is 3.12. The highest BCUT2D eigenvalue weighted by molar-refractivity contribution is 14.0. The number of unbranched alkanes of at least 4 members (excludes halogenated alkanes) is 2. The maximum atomic E-state index is 5.62. The highest BCUT2D eigenvalue weighted by atomic mass is 127. The van der Waals surface area contributed by atoms with Crippen LogP contribution in [0.1, 0.15) is 58.8 Å². The summed E-state index contributed by atoms with van der Waals surface area (Å²) in [5.74, 6) is 0.980. The van der Waals surface area contributed by atoms with Gasteiger partial charge in [-0.3, -0.25) is 9.89 Å².